The number of rotatable bonds is 8. The summed E-state index contributed by atoms with van der Waals surface area (Å²) in [5, 5.41) is 2.76. The normalized spacial score (nSPS) is 11.4. The van der Waals surface area contributed by atoms with Gasteiger partial charge in [-0.15, -0.1) is 0 Å². The molecule has 0 aromatic heterocycles. The number of anilines is 1. The van der Waals surface area contributed by atoms with E-state index in [9.17, 15) is 13.2 Å². The topological polar surface area (TPSA) is 84.5 Å². The fraction of sp³-hybridized carbons (Fsp3) is 0.316. The van der Waals surface area contributed by atoms with Crippen molar-refractivity contribution in [2.24, 2.45) is 0 Å². The van der Waals surface area contributed by atoms with Crippen LogP contribution in [0.3, 0.4) is 0 Å². The number of ether oxygens (including phenoxy) is 1. The highest BCUT2D eigenvalue weighted by Crippen LogP contribution is 2.17. The zero-order valence-electron chi connectivity index (χ0n) is 15.2. The molecule has 0 aliphatic rings. The maximum Gasteiger partial charge on any atom is 0.240 e. The molecule has 2 aromatic carbocycles. The third-order valence-electron chi connectivity index (χ3n) is 3.87. The van der Waals surface area contributed by atoms with Crippen LogP contribution in [0.5, 0.6) is 5.75 Å². The predicted molar refractivity (Wildman–Crippen MR) is 102 cm³/mol. The third kappa shape index (κ3) is 5.57. The number of hydrogen-bond donors (Lipinski definition) is 2. The van der Waals surface area contributed by atoms with Gasteiger partial charge in [0.2, 0.25) is 15.9 Å². The molecule has 7 heteroatoms. The molecule has 1 amide bonds. The first-order valence-corrected chi connectivity index (χ1v) is 9.83. The molecular weight excluding hydrogens is 352 g/mol. The average Bonchev–Trinajstić information content (AvgIpc) is 2.62. The van der Waals surface area contributed by atoms with E-state index in [2.05, 4.69) is 23.9 Å². The van der Waals surface area contributed by atoms with E-state index < -0.39 is 10.0 Å². The minimum absolute atomic E-state index is 0.0181. The molecule has 0 aliphatic carbocycles. The standard InChI is InChI=1S/C19H24N2O4S/c1-14(2)15-4-6-16(7-5-15)21-19(22)12-13-20-26(23,24)18-10-8-17(25-3)9-11-18/h4-11,14,20H,12-13H2,1-3H3,(H,21,22). The SMILES string of the molecule is COc1ccc(S(=O)(=O)NCCC(=O)Nc2ccc(C(C)C)cc2)cc1. The number of sulfonamides is 1. The number of carbonyl (C=O) groups is 1. The summed E-state index contributed by atoms with van der Waals surface area (Å²) >= 11 is 0. The highest BCUT2D eigenvalue weighted by Gasteiger charge is 2.14. The molecule has 0 saturated carbocycles. The van der Waals surface area contributed by atoms with Gasteiger partial charge in [-0.1, -0.05) is 26.0 Å². The van der Waals surface area contributed by atoms with E-state index >= 15 is 0 Å². The van der Waals surface area contributed by atoms with Gasteiger partial charge in [-0.05, 0) is 47.9 Å². The van der Waals surface area contributed by atoms with E-state index in [4.69, 9.17) is 4.74 Å². The van der Waals surface area contributed by atoms with Crippen molar-refractivity contribution in [2.75, 3.05) is 19.0 Å². The van der Waals surface area contributed by atoms with Gasteiger partial charge in [0.1, 0.15) is 5.75 Å². The Balaban J connectivity index is 1.84. The summed E-state index contributed by atoms with van der Waals surface area (Å²) in [6.45, 7) is 4.22. The molecule has 6 nitrogen and oxygen atoms in total. The highest BCUT2D eigenvalue weighted by atomic mass is 32.2. The lowest BCUT2D eigenvalue weighted by atomic mass is 10.0. The quantitative estimate of drug-likeness (QED) is 0.741. The maximum atomic E-state index is 12.2. The third-order valence-corrected chi connectivity index (χ3v) is 5.35. The van der Waals surface area contributed by atoms with Gasteiger partial charge in [0.05, 0.1) is 12.0 Å². The number of amides is 1. The zero-order valence-corrected chi connectivity index (χ0v) is 16.0. The Morgan fingerprint density at radius 2 is 1.65 bits per heavy atom. The minimum atomic E-state index is -3.65. The minimum Gasteiger partial charge on any atom is -0.497 e. The Morgan fingerprint density at radius 3 is 2.19 bits per heavy atom. The first kappa shape index (κ1) is 19.9. The van der Waals surface area contributed by atoms with Crippen LogP contribution in [-0.2, 0) is 14.8 Å². The number of hydrogen-bond acceptors (Lipinski definition) is 4. The van der Waals surface area contributed by atoms with Gasteiger partial charge >= 0.3 is 0 Å². The molecule has 0 saturated heterocycles. The molecular formula is C19H24N2O4S. The Hall–Kier alpha value is -2.38. The van der Waals surface area contributed by atoms with Crippen LogP contribution < -0.4 is 14.8 Å². The molecule has 0 unspecified atom stereocenters. The van der Waals surface area contributed by atoms with E-state index in [1.165, 1.54) is 24.8 Å². The van der Waals surface area contributed by atoms with Crippen LogP contribution in [0.15, 0.2) is 53.4 Å². The summed E-state index contributed by atoms with van der Waals surface area (Å²) in [5.41, 5.74) is 1.88. The maximum absolute atomic E-state index is 12.2. The molecule has 0 bridgehead atoms. The second-order valence-corrected chi connectivity index (χ2v) is 7.92. The fourth-order valence-electron chi connectivity index (χ4n) is 2.31. The van der Waals surface area contributed by atoms with Crippen LogP contribution in [0.25, 0.3) is 0 Å². The zero-order chi connectivity index (χ0) is 19.2. The fourth-order valence-corrected chi connectivity index (χ4v) is 3.34. The summed E-state index contributed by atoms with van der Waals surface area (Å²) in [4.78, 5) is 12.1. The van der Waals surface area contributed by atoms with Crippen LogP contribution in [0.1, 0.15) is 31.7 Å². The second-order valence-electron chi connectivity index (χ2n) is 6.15. The summed E-state index contributed by atoms with van der Waals surface area (Å²) < 4.78 is 31.8. The molecule has 0 aliphatic heterocycles. The monoisotopic (exact) mass is 376 g/mol. The lowest BCUT2D eigenvalue weighted by Crippen LogP contribution is -2.27. The van der Waals surface area contributed by atoms with Crippen molar-refractivity contribution in [3.63, 3.8) is 0 Å². The van der Waals surface area contributed by atoms with Crippen molar-refractivity contribution >= 4 is 21.6 Å². The molecule has 0 spiro atoms. The van der Waals surface area contributed by atoms with E-state index in [0.717, 1.165) is 0 Å². The Bertz CT molecular complexity index is 829. The summed E-state index contributed by atoms with van der Waals surface area (Å²) in [6.07, 6.45) is 0.0430. The first-order chi connectivity index (χ1) is 12.3. The van der Waals surface area contributed by atoms with Gasteiger partial charge in [0.25, 0.3) is 0 Å². The lowest BCUT2D eigenvalue weighted by molar-refractivity contribution is -0.116. The van der Waals surface area contributed by atoms with Crippen molar-refractivity contribution in [3.05, 3.63) is 54.1 Å². The molecule has 140 valence electrons. The summed E-state index contributed by atoms with van der Waals surface area (Å²) in [6, 6.07) is 13.7. The van der Waals surface area contributed by atoms with E-state index in [-0.39, 0.29) is 23.8 Å². The molecule has 26 heavy (non-hydrogen) atoms. The number of carbonyl (C=O) groups excluding carboxylic acids is 1. The van der Waals surface area contributed by atoms with E-state index in [0.29, 0.717) is 17.4 Å². The molecule has 2 rings (SSSR count). The summed E-state index contributed by atoms with van der Waals surface area (Å²) in [7, 11) is -2.14. The van der Waals surface area contributed by atoms with Crippen LogP contribution in [0.4, 0.5) is 5.69 Å². The van der Waals surface area contributed by atoms with Crippen molar-refractivity contribution in [1.82, 2.24) is 4.72 Å². The summed E-state index contributed by atoms with van der Waals surface area (Å²) in [5.74, 6) is 0.749. The van der Waals surface area contributed by atoms with Crippen molar-refractivity contribution in [3.8, 4) is 5.75 Å². The van der Waals surface area contributed by atoms with Crippen molar-refractivity contribution < 1.29 is 17.9 Å². The first-order valence-electron chi connectivity index (χ1n) is 8.35. The molecule has 2 aromatic rings. The van der Waals surface area contributed by atoms with Gasteiger partial charge in [-0.3, -0.25) is 4.79 Å². The number of methoxy groups -OCH3 is 1. The van der Waals surface area contributed by atoms with Gasteiger partial charge in [-0.25, -0.2) is 13.1 Å². The van der Waals surface area contributed by atoms with Gasteiger partial charge in [0.15, 0.2) is 0 Å². The number of nitrogens with one attached hydrogen (secondary N) is 2. The van der Waals surface area contributed by atoms with Gasteiger partial charge < -0.3 is 10.1 Å². The van der Waals surface area contributed by atoms with Crippen molar-refractivity contribution in [2.45, 2.75) is 31.1 Å². The van der Waals surface area contributed by atoms with Gasteiger partial charge in [0, 0.05) is 18.7 Å². The van der Waals surface area contributed by atoms with E-state index in [1.807, 2.05) is 24.3 Å². The van der Waals surface area contributed by atoms with Crippen LogP contribution in [0, 0.1) is 0 Å². The van der Waals surface area contributed by atoms with E-state index in [1.54, 1.807) is 12.1 Å². The Labute approximate surface area is 154 Å². The molecule has 0 radical (unpaired) electrons. The highest BCUT2D eigenvalue weighted by molar-refractivity contribution is 7.89. The van der Waals surface area contributed by atoms with Gasteiger partial charge in [-0.2, -0.15) is 0 Å². The number of benzene rings is 2. The lowest BCUT2D eigenvalue weighted by Gasteiger charge is -2.09. The van der Waals surface area contributed by atoms with Crippen molar-refractivity contribution in [1.29, 1.82) is 0 Å². The average molecular weight is 376 g/mol. The molecule has 0 atom stereocenters. The molecule has 2 N–H and O–H groups in total. The predicted octanol–water partition coefficient (Wildman–Crippen LogP) is 3.13. The molecule has 0 heterocycles. The Morgan fingerprint density at radius 1 is 1.04 bits per heavy atom. The Kier molecular flexibility index (Phi) is 6.76. The van der Waals surface area contributed by atoms with Crippen LogP contribution in [0.2, 0.25) is 0 Å². The van der Waals surface area contributed by atoms with Crippen LogP contribution in [-0.4, -0.2) is 28.0 Å². The smallest absolute Gasteiger partial charge is 0.240 e. The molecule has 0 fully saturated rings. The van der Waals surface area contributed by atoms with Crippen LogP contribution >= 0.6 is 0 Å². The largest absolute Gasteiger partial charge is 0.497 e. The second kappa shape index (κ2) is 8.82.